The number of halogens is 7. The summed E-state index contributed by atoms with van der Waals surface area (Å²) in [5, 5.41) is 10.9. The number of carbonyl (C=O) groups excluding carboxylic acids is 1. The summed E-state index contributed by atoms with van der Waals surface area (Å²) < 4.78 is 116. The third-order valence-corrected chi connectivity index (χ3v) is 9.53. The van der Waals surface area contributed by atoms with Crippen LogP contribution >= 0.6 is 11.6 Å². The molecule has 2 aliphatic rings. The predicted octanol–water partition coefficient (Wildman–Crippen LogP) is 6.03. The van der Waals surface area contributed by atoms with Crippen molar-refractivity contribution in [3.63, 3.8) is 0 Å². The van der Waals surface area contributed by atoms with Crippen molar-refractivity contribution in [2.45, 2.75) is 31.4 Å². The number of amides is 1. The molecule has 4 N–H and O–H groups in total. The number of pyridine rings is 1. The average molecular weight is 763 g/mol. The van der Waals surface area contributed by atoms with E-state index in [4.69, 9.17) is 17.3 Å². The van der Waals surface area contributed by atoms with Gasteiger partial charge in [-0.15, -0.1) is 5.73 Å². The Bertz CT molecular complexity index is 2490. The number of hydrogen-bond acceptors (Lipinski definition) is 7. The normalized spacial score (nSPS) is 16.4. The molecule has 19 heteroatoms. The third kappa shape index (κ3) is 6.05. The molecule has 3 heterocycles. The Hall–Kier alpha value is -5.32. The molecule has 0 saturated carbocycles. The highest BCUT2D eigenvalue weighted by atomic mass is 35.5. The second-order valence-corrected chi connectivity index (χ2v) is 14.5. The number of anilines is 2. The number of hydrogen-bond donors (Lipinski definition) is 3. The molecule has 0 saturated heterocycles. The van der Waals surface area contributed by atoms with Crippen molar-refractivity contribution in [3.8, 4) is 11.1 Å². The summed E-state index contributed by atoms with van der Waals surface area (Å²) in [4.78, 5) is 18.2. The number of carbonyl (C=O) groups is 1. The number of rotatable bonds is 10. The first kappa shape index (κ1) is 35.1. The fourth-order valence-electron chi connectivity index (χ4n) is 6.65. The van der Waals surface area contributed by atoms with Gasteiger partial charge in [-0.05, 0) is 42.3 Å². The van der Waals surface area contributed by atoms with Gasteiger partial charge in [0.05, 0.1) is 51.7 Å². The number of benzene rings is 2. The van der Waals surface area contributed by atoms with Gasteiger partial charge in [-0.3, -0.25) is 23.9 Å². The van der Waals surface area contributed by atoms with Gasteiger partial charge in [0.2, 0.25) is 15.9 Å². The summed E-state index contributed by atoms with van der Waals surface area (Å²) in [5.74, 6) is -8.03. The van der Waals surface area contributed by atoms with Gasteiger partial charge in [0.15, 0.2) is 5.82 Å². The van der Waals surface area contributed by atoms with E-state index in [-0.39, 0.29) is 50.7 Å². The van der Waals surface area contributed by atoms with E-state index in [9.17, 15) is 30.8 Å². The smallest absolute Gasteiger partial charge is 0.301 e. The zero-order valence-corrected chi connectivity index (χ0v) is 28.4. The van der Waals surface area contributed by atoms with Crippen molar-refractivity contribution in [1.29, 1.82) is 0 Å². The maximum atomic E-state index is 15.4. The molecule has 0 bridgehead atoms. The van der Waals surface area contributed by atoms with Crippen molar-refractivity contribution >= 4 is 55.5 Å². The van der Waals surface area contributed by atoms with Crippen molar-refractivity contribution in [2.75, 3.05) is 16.7 Å². The first-order valence-corrected chi connectivity index (χ1v) is 17.6. The molecule has 2 aromatic carbocycles. The Labute approximate surface area is 295 Å². The molecular formula is C33H25ClF6N8O3S. The number of nitrogen functional groups attached to an aromatic ring is 1. The van der Waals surface area contributed by atoms with Crippen LogP contribution in [0.2, 0.25) is 5.02 Å². The molecule has 3 aromatic heterocycles. The molecule has 0 spiro atoms. The molecule has 2 unspecified atom stereocenters. The van der Waals surface area contributed by atoms with Crippen LogP contribution in [-0.4, -0.2) is 45.1 Å². The highest BCUT2D eigenvalue weighted by Crippen LogP contribution is 2.57. The number of nitrogens with two attached hydrogens (primary N) is 1. The Balaban J connectivity index is 1.34. The summed E-state index contributed by atoms with van der Waals surface area (Å²) >= 11 is 6.51. The van der Waals surface area contributed by atoms with Gasteiger partial charge in [0.1, 0.15) is 29.6 Å². The van der Waals surface area contributed by atoms with E-state index in [1.807, 2.05) is 0 Å². The lowest BCUT2D eigenvalue weighted by Gasteiger charge is -2.23. The molecule has 11 nitrogen and oxygen atoms in total. The first-order valence-electron chi connectivity index (χ1n) is 15.3. The van der Waals surface area contributed by atoms with Gasteiger partial charge >= 0.3 is 5.92 Å². The number of sulfonamides is 1. The van der Waals surface area contributed by atoms with Crippen LogP contribution in [0.25, 0.3) is 27.6 Å². The lowest BCUT2D eigenvalue weighted by molar-refractivity contribution is -0.123. The zero-order valence-electron chi connectivity index (χ0n) is 26.9. The molecule has 0 radical (unpaired) electrons. The summed E-state index contributed by atoms with van der Waals surface area (Å²) in [6.07, 6.45) is -0.283. The number of nitrogens with one attached hydrogen (secondary N) is 2. The van der Waals surface area contributed by atoms with Crippen molar-refractivity contribution in [2.24, 2.45) is 13.0 Å². The number of allylic oxidation sites excluding steroid dienone is 1. The highest BCUT2D eigenvalue weighted by Gasteiger charge is 2.57. The van der Waals surface area contributed by atoms with E-state index < -0.39 is 75.4 Å². The molecule has 7 rings (SSSR count). The molecule has 1 amide bonds. The highest BCUT2D eigenvalue weighted by molar-refractivity contribution is 7.92. The molecule has 52 heavy (non-hydrogen) atoms. The minimum Gasteiger partial charge on any atom is -0.397 e. The minimum atomic E-state index is -3.80. The second kappa shape index (κ2) is 12.4. The van der Waals surface area contributed by atoms with E-state index in [1.165, 1.54) is 30.1 Å². The van der Waals surface area contributed by atoms with Crippen molar-refractivity contribution in [3.05, 3.63) is 99.3 Å². The Morgan fingerprint density at radius 2 is 1.81 bits per heavy atom. The molecule has 2 aliphatic carbocycles. The van der Waals surface area contributed by atoms with Gasteiger partial charge in [0.25, 0.3) is 6.43 Å². The van der Waals surface area contributed by atoms with Gasteiger partial charge in [-0.1, -0.05) is 17.7 Å². The lowest BCUT2D eigenvalue weighted by atomic mass is 9.90. The van der Waals surface area contributed by atoms with E-state index in [2.05, 4.69) is 31.0 Å². The van der Waals surface area contributed by atoms with Gasteiger partial charge in [0, 0.05) is 35.4 Å². The number of fused-ring (bicyclic) bond motifs is 4. The fourth-order valence-corrected chi connectivity index (χ4v) is 7.38. The van der Waals surface area contributed by atoms with Crippen LogP contribution in [0.4, 0.5) is 37.8 Å². The second-order valence-electron chi connectivity index (χ2n) is 12.4. The quantitative estimate of drug-likeness (QED) is 0.116. The SMILES string of the molecule is Cn1nc(NS(C)(=O)=O)c2c(Cl)ccc(-c3cc(N)cnc3C(Cc3cc(F)cc(F)c3)NC(=O)Cn3nc(C(F)F)c4c3C(F)(F)C3C=C=C43)c21. The van der Waals surface area contributed by atoms with E-state index in [0.29, 0.717) is 21.8 Å². The Kier molecular flexibility index (Phi) is 8.38. The van der Waals surface area contributed by atoms with E-state index in [1.54, 1.807) is 6.07 Å². The maximum Gasteiger partial charge on any atom is 0.301 e. The molecular weight excluding hydrogens is 738 g/mol. The zero-order chi connectivity index (χ0) is 37.4. The van der Waals surface area contributed by atoms with E-state index in [0.717, 1.165) is 24.5 Å². The van der Waals surface area contributed by atoms with E-state index >= 15 is 8.78 Å². The Morgan fingerprint density at radius 1 is 1.10 bits per heavy atom. The number of aromatic nitrogens is 5. The van der Waals surface area contributed by atoms with Crippen LogP contribution in [0.3, 0.4) is 0 Å². The van der Waals surface area contributed by atoms with Crippen molar-refractivity contribution < 1.29 is 39.6 Å². The first-order chi connectivity index (χ1) is 24.4. The van der Waals surface area contributed by atoms with Crippen LogP contribution in [0.5, 0.6) is 0 Å². The summed E-state index contributed by atoms with van der Waals surface area (Å²) in [6.45, 7) is -0.934. The van der Waals surface area contributed by atoms with Crippen molar-refractivity contribution in [1.82, 2.24) is 29.9 Å². The maximum absolute atomic E-state index is 15.4. The molecule has 0 fully saturated rings. The minimum absolute atomic E-state index is 0.0647. The van der Waals surface area contributed by atoms with Gasteiger partial charge in [-0.25, -0.2) is 26.0 Å². The number of aryl methyl sites for hydroxylation is 1. The van der Waals surface area contributed by atoms with Crippen LogP contribution in [0, 0.1) is 17.6 Å². The average Bonchev–Trinajstić information content (AvgIpc) is 3.57. The topological polar surface area (TPSA) is 150 Å². The van der Waals surface area contributed by atoms with Crippen LogP contribution in [0.1, 0.15) is 40.7 Å². The number of nitrogens with zero attached hydrogens (tertiary/aromatic N) is 5. The fraction of sp³-hybridized carbons (Fsp3) is 0.242. The molecule has 5 aromatic rings. The predicted molar refractivity (Wildman–Crippen MR) is 179 cm³/mol. The third-order valence-electron chi connectivity index (χ3n) is 8.65. The molecule has 0 aliphatic heterocycles. The molecule has 2 atom stereocenters. The van der Waals surface area contributed by atoms with Crippen LogP contribution < -0.4 is 15.8 Å². The lowest BCUT2D eigenvalue weighted by Crippen LogP contribution is -2.35. The number of alkyl halides is 4. The summed E-state index contributed by atoms with van der Waals surface area (Å²) in [6, 6.07) is 5.96. The van der Waals surface area contributed by atoms with Gasteiger partial charge in [-0.2, -0.15) is 19.0 Å². The summed E-state index contributed by atoms with van der Waals surface area (Å²) in [5.41, 5.74) is 7.52. The van der Waals surface area contributed by atoms with Gasteiger partial charge < -0.3 is 11.1 Å². The Morgan fingerprint density at radius 3 is 2.44 bits per heavy atom. The van der Waals surface area contributed by atoms with Crippen LogP contribution in [-0.2, 0) is 40.8 Å². The summed E-state index contributed by atoms with van der Waals surface area (Å²) in [7, 11) is -2.28. The largest absolute Gasteiger partial charge is 0.397 e. The monoisotopic (exact) mass is 762 g/mol. The molecule has 270 valence electrons. The van der Waals surface area contributed by atoms with Crippen LogP contribution in [0.15, 0.2) is 54.4 Å². The standard InChI is InChI=1S/C33H25ClF6N8O3S/c1-47-29-18(4-6-22(34)26(29)32(45-47)46-52(2,50)51)20-11-17(41)12-42-27(20)23(9-14-7-15(35)10-16(36)8-14)43-24(49)13-48-30-25(28(44-48)31(37)38)19-3-5-21(19)33(30,39)40/h4-8,10-12,21,23,31H,9,13,41H2,1-2H3,(H,43,49)(H,45,46).